The summed E-state index contributed by atoms with van der Waals surface area (Å²) in [6, 6.07) is 15.8. The minimum absolute atomic E-state index is 0.157. The minimum atomic E-state index is -0.724. The predicted octanol–water partition coefficient (Wildman–Crippen LogP) is 3.47. The molecule has 0 saturated carbocycles. The molecule has 0 spiro atoms. The van der Waals surface area contributed by atoms with Crippen LogP contribution in [0.1, 0.15) is 61.6 Å². The van der Waals surface area contributed by atoms with Crippen molar-refractivity contribution in [2.75, 3.05) is 5.32 Å². The Hall–Kier alpha value is -4.51. The maximum Gasteiger partial charge on any atom is 0.255 e. The van der Waals surface area contributed by atoms with Crippen LogP contribution in [0.3, 0.4) is 0 Å². The van der Waals surface area contributed by atoms with Gasteiger partial charge in [0.25, 0.3) is 11.8 Å². The van der Waals surface area contributed by atoms with Gasteiger partial charge in [0.05, 0.1) is 17.0 Å². The molecule has 0 fully saturated rings. The molecule has 0 saturated heterocycles. The van der Waals surface area contributed by atoms with E-state index < -0.39 is 11.3 Å². The molecule has 34 heavy (non-hydrogen) atoms. The normalized spacial score (nSPS) is 10.8. The first kappa shape index (κ1) is 24.1. The summed E-state index contributed by atoms with van der Waals surface area (Å²) in [4.78, 5) is 40.9. The van der Waals surface area contributed by atoms with Crippen molar-refractivity contribution in [3.63, 3.8) is 0 Å². The number of aromatic nitrogens is 1. The number of benzene rings is 2. The van der Waals surface area contributed by atoms with E-state index in [1.807, 2.05) is 6.07 Å². The number of anilines is 1. The van der Waals surface area contributed by atoms with Gasteiger partial charge in [-0.25, -0.2) is 0 Å². The average molecular weight is 456 g/mol. The van der Waals surface area contributed by atoms with Crippen LogP contribution in [0.15, 0.2) is 60.9 Å². The monoisotopic (exact) mass is 455 g/mol. The molecule has 0 aliphatic rings. The van der Waals surface area contributed by atoms with E-state index in [2.05, 4.69) is 21.7 Å². The first-order chi connectivity index (χ1) is 16.1. The van der Waals surface area contributed by atoms with Crippen molar-refractivity contribution in [1.82, 2.24) is 10.3 Å². The van der Waals surface area contributed by atoms with Gasteiger partial charge in [-0.15, -0.1) is 0 Å². The van der Waals surface area contributed by atoms with E-state index in [-0.39, 0.29) is 23.9 Å². The highest BCUT2D eigenvalue weighted by Crippen LogP contribution is 2.23. The maximum absolute atomic E-state index is 12.8. The van der Waals surface area contributed by atoms with Crippen LogP contribution in [-0.2, 0) is 12.0 Å². The van der Waals surface area contributed by atoms with E-state index in [0.29, 0.717) is 22.4 Å². The van der Waals surface area contributed by atoms with Gasteiger partial charge in [0, 0.05) is 35.8 Å². The zero-order valence-corrected chi connectivity index (χ0v) is 19.2. The molecule has 0 unspecified atom stereocenters. The third kappa shape index (κ3) is 5.64. The molecule has 8 heteroatoms. The summed E-state index contributed by atoms with van der Waals surface area (Å²) in [5, 5.41) is 15.0. The molecule has 3 rings (SSSR count). The number of nitrogens with zero attached hydrogens (tertiary/aromatic N) is 2. The van der Waals surface area contributed by atoms with E-state index in [1.165, 1.54) is 12.4 Å². The fourth-order valence-corrected chi connectivity index (χ4v) is 3.26. The summed E-state index contributed by atoms with van der Waals surface area (Å²) in [6.07, 6.45) is 2.90. The zero-order valence-electron chi connectivity index (χ0n) is 19.2. The number of rotatable bonds is 7. The molecule has 0 atom stereocenters. The van der Waals surface area contributed by atoms with Crippen LogP contribution in [0.5, 0.6) is 0 Å². The first-order valence-corrected chi connectivity index (χ1v) is 10.6. The molecule has 8 nitrogen and oxygen atoms in total. The Morgan fingerprint density at radius 1 is 1.03 bits per heavy atom. The number of aryl methyl sites for hydroxylation is 1. The van der Waals surface area contributed by atoms with Gasteiger partial charge in [0.1, 0.15) is 0 Å². The van der Waals surface area contributed by atoms with Crippen molar-refractivity contribution in [2.45, 2.75) is 32.7 Å². The molecular weight excluding hydrogens is 430 g/mol. The van der Waals surface area contributed by atoms with Crippen LogP contribution < -0.4 is 16.4 Å². The van der Waals surface area contributed by atoms with Gasteiger partial charge in [-0.1, -0.05) is 18.2 Å². The van der Waals surface area contributed by atoms with Gasteiger partial charge >= 0.3 is 0 Å². The third-order valence-electron chi connectivity index (χ3n) is 5.40. The summed E-state index contributed by atoms with van der Waals surface area (Å²) in [5.74, 6) is -1.28. The van der Waals surface area contributed by atoms with E-state index in [0.717, 1.165) is 11.1 Å². The van der Waals surface area contributed by atoms with Crippen LogP contribution in [0, 0.1) is 18.3 Å². The number of primary amides is 1. The van der Waals surface area contributed by atoms with Gasteiger partial charge in [-0.2, -0.15) is 5.26 Å². The number of nitrogens with one attached hydrogen (secondary N) is 2. The highest BCUT2D eigenvalue weighted by molar-refractivity contribution is 6.05. The highest BCUT2D eigenvalue weighted by Gasteiger charge is 2.21. The fourth-order valence-electron chi connectivity index (χ4n) is 3.26. The van der Waals surface area contributed by atoms with Gasteiger partial charge in [-0.05, 0) is 67.8 Å². The number of hydrogen-bond acceptors (Lipinski definition) is 5. The highest BCUT2D eigenvalue weighted by atomic mass is 16.2. The Labute approximate surface area is 197 Å². The van der Waals surface area contributed by atoms with Crippen molar-refractivity contribution in [1.29, 1.82) is 5.26 Å². The lowest BCUT2D eigenvalue weighted by Crippen LogP contribution is -2.24. The van der Waals surface area contributed by atoms with Crippen LogP contribution in [0.25, 0.3) is 0 Å². The van der Waals surface area contributed by atoms with E-state index in [1.54, 1.807) is 63.2 Å². The number of amides is 3. The first-order valence-electron chi connectivity index (χ1n) is 10.6. The average Bonchev–Trinajstić information content (AvgIpc) is 2.83. The molecule has 0 bridgehead atoms. The van der Waals surface area contributed by atoms with Crippen LogP contribution in [0.2, 0.25) is 0 Å². The Balaban J connectivity index is 1.74. The summed E-state index contributed by atoms with van der Waals surface area (Å²) in [7, 11) is 0. The summed E-state index contributed by atoms with van der Waals surface area (Å²) in [5.41, 5.74) is 8.18. The Bertz CT molecular complexity index is 1310. The molecule has 2 aromatic carbocycles. The second-order valence-corrected chi connectivity index (χ2v) is 8.43. The minimum Gasteiger partial charge on any atom is -0.366 e. The van der Waals surface area contributed by atoms with E-state index in [4.69, 9.17) is 5.73 Å². The van der Waals surface area contributed by atoms with Crippen molar-refractivity contribution in [3.05, 3.63) is 94.3 Å². The standard InChI is InChI=1S/C26H25N5O3/c1-16-7-8-21(31-24(33)18-5-4-6-20(10-18)26(2,3)15-27)11-22(16)25(34)30-13-17-9-19(23(28)32)14-29-12-17/h4-12,14H,13H2,1-3H3,(H2,28,32)(H,30,34)(H,31,33). The lowest BCUT2D eigenvalue weighted by molar-refractivity contribution is 0.0948. The third-order valence-corrected chi connectivity index (χ3v) is 5.40. The Morgan fingerprint density at radius 3 is 2.50 bits per heavy atom. The molecule has 0 aliphatic carbocycles. The van der Waals surface area contributed by atoms with E-state index >= 15 is 0 Å². The summed E-state index contributed by atoms with van der Waals surface area (Å²) in [6.45, 7) is 5.53. The molecule has 1 aromatic heterocycles. The van der Waals surface area contributed by atoms with Crippen LogP contribution >= 0.6 is 0 Å². The number of nitrogens with two attached hydrogens (primary N) is 1. The fraction of sp³-hybridized carbons (Fsp3) is 0.192. The number of pyridine rings is 1. The van der Waals surface area contributed by atoms with Crippen molar-refractivity contribution in [2.24, 2.45) is 5.73 Å². The van der Waals surface area contributed by atoms with E-state index in [9.17, 15) is 19.6 Å². The molecule has 1 heterocycles. The molecule has 3 aromatic rings. The lowest BCUT2D eigenvalue weighted by atomic mass is 9.85. The molecule has 3 amide bonds. The lowest BCUT2D eigenvalue weighted by Gasteiger charge is -2.16. The zero-order chi connectivity index (χ0) is 24.9. The smallest absolute Gasteiger partial charge is 0.255 e. The second kappa shape index (κ2) is 9.96. The second-order valence-electron chi connectivity index (χ2n) is 8.43. The summed E-state index contributed by atoms with van der Waals surface area (Å²) < 4.78 is 0. The van der Waals surface area contributed by atoms with Crippen molar-refractivity contribution < 1.29 is 14.4 Å². The largest absolute Gasteiger partial charge is 0.366 e. The molecule has 0 radical (unpaired) electrons. The topological polar surface area (TPSA) is 138 Å². The van der Waals surface area contributed by atoms with Crippen LogP contribution in [0.4, 0.5) is 5.69 Å². The number of carbonyl (C=O) groups is 3. The van der Waals surface area contributed by atoms with Gasteiger partial charge in [-0.3, -0.25) is 19.4 Å². The summed E-state index contributed by atoms with van der Waals surface area (Å²) >= 11 is 0. The maximum atomic E-state index is 12.8. The number of nitriles is 1. The predicted molar refractivity (Wildman–Crippen MR) is 128 cm³/mol. The molecule has 0 aliphatic heterocycles. The van der Waals surface area contributed by atoms with Gasteiger partial charge < -0.3 is 16.4 Å². The van der Waals surface area contributed by atoms with Gasteiger partial charge in [0.2, 0.25) is 5.91 Å². The van der Waals surface area contributed by atoms with Gasteiger partial charge in [0.15, 0.2) is 0 Å². The SMILES string of the molecule is Cc1ccc(NC(=O)c2cccc(C(C)(C)C#N)c2)cc1C(=O)NCc1cncc(C(N)=O)c1. The number of carbonyl (C=O) groups excluding carboxylic acids is 3. The van der Waals surface area contributed by atoms with Crippen LogP contribution in [-0.4, -0.2) is 22.7 Å². The Morgan fingerprint density at radius 2 is 1.79 bits per heavy atom. The molecule has 172 valence electrons. The molecular formula is C26H25N5O3. The molecule has 4 N–H and O–H groups in total. The van der Waals surface area contributed by atoms with Crippen molar-refractivity contribution in [3.8, 4) is 6.07 Å². The quantitative estimate of drug-likeness (QED) is 0.501. The van der Waals surface area contributed by atoms with Crippen molar-refractivity contribution >= 4 is 23.4 Å². The Kier molecular flexibility index (Phi) is 7.07. The number of hydrogen-bond donors (Lipinski definition) is 3.